The number of terminal acetylenes is 1. The van der Waals surface area contributed by atoms with Crippen LogP contribution in [0.1, 0.15) is 37.8 Å². The van der Waals surface area contributed by atoms with Gasteiger partial charge >= 0.3 is 0 Å². The fraction of sp³-hybridized carbons (Fsp3) is 0.421. The molecule has 0 bridgehead atoms. The first-order chi connectivity index (χ1) is 10.7. The number of hydrogen-bond acceptors (Lipinski definition) is 3. The summed E-state index contributed by atoms with van der Waals surface area (Å²) in [6.07, 6.45) is 9.47. The van der Waals surface area contributed by atoms with E-state index < -0.39 is 0 Å². The Morgan fingerprint density at radius 2 is 2.14 bits per heavy atom. The highest BCUT2D eigenvalue weighted by molar-refractivity contribution is 5.84. The maximum absolute atomic E-state index is 6.13. The van der Waals surface area contributed by atoms with Gasteiger partial charge in [-0.05, 0) is 50.1 Å². The Morgan fingerprint density at radius 3 is 2.82 bits per heavy atom. The van der Waals surface area contributed by atoms with E-state index in [2.05, 4.69) is 30.1 Å². The smallest absolute Gasteiger partial charge is 0.120 e. The molecule has 0 saturated heterocycles. The number of fused-ring (bicyclic) bond motifs is 1. The Morgan fingerprint density at radius 1 is 1.32 bits per heavy atom. The highest BCUT2D eigenvalue weighted by atomic mass is 16.5. The van der Waals surface area contributed by atoms with Gasteiger partial charge in [-0.3, -0.25) is 4.98 Å². The minimum Gasteiger partial charge on any atom is -0.489 e. The van der Waals surface area contributed by atoms with Gasteiger partial charge in [0.2, 0.25) is 0 Å². The molecular formula is C19H24N2O. The van der Waals surface area contributed by atoms with Crippen LogP contribution in [0.5, 0.6) is 5.75 Å². The molecule has 3 heteroatoms. The summed E-state index contributed by atoms with van der Waals surface area (Å²) in [6, 6.07) is 6.06. The molecular weight excluding hydrogens is 272 g/mol. The fourth-order valence-electron chi connectivity index (χ4n) is 2.45. The number of ether oxygens (including phenoxy) is 1. The normalized spacial score (nSPS) is 12.1. The van der Waals surface area contributed by atoms with Gasteiger partial charge in [0, 0.05) is 23.7 Å². The minimum absolute atomic E-state index is 0.173. The van der Waals surface area contributed by atoms with Crippen molar-refractivity contribution in [2.24, 2.45) is 0 Å². The van der Waals surface area contributed by atoms with Crippen molar-refractivity contribution in [3.63, 3.8) is 0 Å². The molecule has 1 N–H and O–H groups in total. The molecule has 0 saturated carbocycles. The standard InChI is InChI=1S/C19H24N2O/c1-5-8-20-13-17(7-3)22-18-9-14(4)19-16(11-18)10-15(6-2)12-21-19/h2,9-12,17,20H,5,7-8,13H2,1,3-4H3. The monoisotopic (exact) mass is 296 g/mol. The summed E-state index contributed by atoms with van der Waals surface area (Å²) < 4.78 is 6.13. The van der Waals surface area contributed by atoms with Crippen LogP contribution < -0.4 is 10.1 Å². The second-order valence-corrected chi connectivity index (χ2v) is 5.53. The van der Waals surface area contributed by atoms with Gasteiger partial charge in [0.15, 0.2) is 0 Å². The van der Waals surface area contributed by atoms with Crippen LogP contribution in [0.15, 0.2) is 24.4 Å². The van der Waals surface area contributed by atoms with Gasteiger partial charge < -0.3 is 10.1 Å². The molecule has 1 heterocycles. The van der Waals surface area contributed by atoms with Gasteiger partial charge in [-0.1, -0.05) is 19.8 Å². The number of rotatable bonds is 7. The summed E-state index contributed by atoms with van der Waals surface area (Å²) in [7, 11) is 0. The van der Waals surface area contributed by atoms with E-state index in [9.17, 15) is 0 Å². The Bertz CT molecular complexity index is 673. The van der Waals surface area contributed by atoms with Crippen molar-refractivity contribution in [2.75, 3.05) is 13.1 Å². The van der Waals surface area contributed by atoms with Crippen molar-refractivity contribution >= 4 is 10.9 Å². The summed E-state index contributed by atoms with van der Waals surface area (Å²) in [5, 5.41) is 4.44. The first kappa shape index (κ1) is 16.3. The van der Waals surface area contributed by atoms with Crippen molar-refractivity contribution in [2.45, 2.75) is 39.7 Å². The lowest BCUT2D eigenvalue weighted by molar-refractivity contribution is 0.194. The summed E-state index contributed by atoms with van der Waals surface area (Å²) >= 11 is 0. The zero-order chi connectivity index (χ0) is 15.9. The molecule has 2 rings (SSSR count). The van der Waals surface area contributed by atoms with Gasteiger partial charge in [-0.15, -0.1) is 6.42 Å². The van der Waals surface area contributed by atoms with Crippen LogP contribution in [-0.4, -0.2) is 24.2 Å². The van der Waals surface area contributed by atoms with Crippen LogP contribution in [0, 0.1) is 19.3 Å². The molecule has 0 radical (unpaired) electrons. The molecule has 116 valence electrons. The van der Waals surface area contributed by atoms with Crippen molar-refractivity contribution in [1.29, 1.82) is 0 Å². The zero-order valence-electron chi connectivity index (χ0n) is 13.6. The van der Waals surface area contributed by atoms with Crippen LogP contribution in [0.3, 0.4) is 0 Å². The van der Waals surface area contributed by atoms with Crippen LogP contribution in [0.2, 0.25) is 0 Å². The second-order valence-electron chi connectivity index (χ2n) is 5.53. The first-order valence-corrected chi connectivity index (χ1v) is 7.92. The van der Waals surface area contributed by atoms with Crippen LogP contribution in [0.25, 0.3) is 10.9 Å². The number of pyridine rings is 1. The summed E-state index contributed by atoms with van der Waals surface area (Å²) in [5.41, 5.74) is 2.87. The van der Waals surface area contributed by atoms with Gasteiger partial charge in [-0.2, -0.15) is 0 Å². The first-order valence-electron chi connectivity index (χ1n) is 7.92. The molecule has 0 fully saturated rings. The van der Waals surface area contributed by atoms with E-state index in [1.807, 2.05) is 25.1 Å². The van der Waals surface area contributed by atoms with Gasteiger partial charge in [0.05, 0.1) is 5.52 Å². The van der Waals surface area contributed by atoms with Crippen molar-refractivity contribution in [3.8, 4) is 18.1 Å². The Hall–Kier alpha value is -2.05. The lowest BCUT2D eigenvalue weighted by Gasteiger charge is -2.19. The Balaban J connectivity index is 2.21. The average Bonchev–Trinajstić information content (AvgIpc) is 2.53. The molecule has 1 atom stereocenters. The van der Waals surface area contributed by atoms with E-state index in [4.69, 9.17) is 11.2 Å². The zero-order valence-corrected chi connectivity index (χ0v) is 13.6. The number of nitrogens with zero attached hydrogens (tertiary/aromatic N) is 1. The van der Waals surface area contributed by atoms with E-state index in [-0.39, 0.29) is 6.10 Å². The van der Waals surface area contributed by atoms with Gasteiger partial charge in [-0.25, -0.2) is 0 Å². The molecule has 0 aliphatic heterocycles. The molecule has 0 spiro atoms. The van der Waals surface area contributed by atoms with E-state index in [0.29, 0.717) is 0 Å². The van der Waals surface area contributed by atoms with Crippen LogP contribution >= 0.6 is 0 Å². The molecule has 3 nitrogen and oxygen atoms in total. The number of nitrogens with one attached hydrogen (secondary N) is 1. The third-order valence-electron chi connectivity index (χ3n) is 3.67. The molecule has 0 amide bonds. The summed E-state index contributed by atoms with van der Waals surface area (Å²) in [6.45, 7) is 8.24. The average molecular weight is 296 g/mol. The van der Waals surface area contributed by atoms with E-state index >= 15 is 0 Å². The van der Waals surface area contributed by atoms with Gasteiger partial charge in [0.1, 0.15) is 11.9 Å². The SMILES string of the molecule is C#Cc1cnc2c(C)cc(OC(CC)CNCCC)cc2c1. The number of aryl methyl sites for hydroxylation is 1. The van der Waals surface area contributed by atoms with Gasteiger partial charge in [0.25, 0.3) is 0 Å². The van der Waals surface area contributed by atoms with E-state index in [1.165, 1.54) is 0 Å². The highest BCUT2D eigenvalue weighted by Gasteiger charge is 2.10. The van der Waals surface area contributed by atoms with Crippen LogP contribution in [0.4, 0.5) is 0 Å². The molecule has 1 aromatic carbocycles. The molecule has 0 aliphatic rings. The Kier molecular flexibility index (Phi) is 5.80. The molecule has 0 aliphatic carbocycles. The topological polar surface area (TPSA) is 34.1 Å². The molecule has 1 aromatic heterocycles. The van der Waals surface area contributed by atoms with Crippen molar-refractivity contribution in [3.05, 3.63) is 35.5 Å². The van der Waals surface area contributed by atoms with Crippen LogP contribution in [-0.2, 0) is 0 Å². The van der Waals surface area contributed by atoms with E-state index in [0.717, 1.165) is 53.7 Å². The predicted octanol–water partition coefficient (Wildman–Crippen LogP) is 3.68. The quantitative estimate of drug-likeness (QED) is 0.625. The maximum Gasteiger partial charge on any atom is 0.120 e. The summed E-state index contributed by atoms with van der Waals surface area (Å²) in [5.74, 6) is 3.51. The van der Waals surface area contributed by atoms with Crippen molar-refractivity contribution < 1.29 is 4.74 Å². The highest BCUT2D eigenvalue weighted by Crippen LogP contribution is 2.25. The molecule has 1 unspecified atom stereocenters. The largest absolute Gasteiger partial charge is 0.489 e. The lowest BCUT2D eigenvalue weighted by atomic mass is 10.1. The maximum atomic E-state index is 6.13. The lowest BCUT2D eigenvalue weighted by Crippen LogP contribution is -2.31. The Labute approximate surface area is 133 Å². The number of hydrogen-bond donors (Lipinski definition) is 1. The number of aromatic nitrogens is 1. The van der Waals surface area contributed by atoms with E-state index in [1.54, 1.807) is 6.20 Å². The third-order valence-corrected chi connectivity index (χ3v) is 3.67. The molecule has 22 heavy (non-hydrogen) atoms. The molecule has 2 aromatic rings. The fourth-order valence-corrected chi connectivity index (χ4v) is 2.45. The second kappa shape index (κ2) is 7.82. The summed E-state index contributed by atoms with van der Waals surface area (Å²) in [4.78, 5) is 4.44. The number of benzene rings is 1. The minimum atomic E-state index is 0.173. The predicted molar refractivity (Wildman–Crippen MR) is 92.3 cm³/mol. The third kappa shape index (κ3) is 3.99. The van der Waals surface area contributed by atoms with Crippen molar-refractivity contribution in [1.82, 2.24) is 10.3 Å².